The third-order valence-electron chi connectivity index (χ3n) is 9.36. The van der Waals surface area contributed by atoms with Crippen LogP contribution in [-0.4, -0.2) is 77.0 Å². The Balaban J connectivity index is 1.63. The van der Waals surface area contributed by atoms with E-state index in [4.69, 9.17) is 16.3 Å². The summed E-state index contributed by atoms with van der Waals surface area (Å²) in [5, 5.41) is 1.49. The van der Waals surface area contributed by atoms with Crippen molar-refractivity contribution in [1.82, 2.24) is 14.8 Å². The average molecular weight is 808 g/mol. The van der Waals surface area contributed by atoms with Crippen LogP contribution in [0.2, 0.25) is 5.02 Å². The fraction of sp³-hybridized carbons (Fsp3) is 0.486. The zero-order valence-electron chi connectivity index (χ0n) is 28.6. The largest absolute Gasteiger partial charge is 0.474 e. The molecule has 2 aliphatic heterocycles. The monoisotopic (exact) mass is 807 g/mol. The Morgan fingerprint density at radius 2 is 1.77 bits per heavy atom. The van der Waals surface area contributed by atoms with Gasteiger partial charge in [0.25, 0.3) is 11.8 Å². The number of rotatable bonds is 11. The lowest BCUT2D eigenvalue weighted by Crippen LogP contribution is -2.69. The van der Waals surface area contributed by atoms with Crippen molar-refractivity contribution in [2.24, 2.45) is 0 Å². The van der Waals surface area contributed by atoms with Crippen molar-refractivity contribution in [2.75, 3.05) is 18.6 Å². The molecule has 0 spiro atoms. The number of carbonyl (C=O) groups is 3. The SMILES string of the molecule is CCC[C@H]1N(C(=O)c2ncccc2C(F)(F)F)CCC[C@@]1(Oc1csc(C(F)(F)F)c1)C(=O)N1Cc2ccc(Cl)cc2C[C@@H]1CCC(=O)CS(C)(=O)=O. The molecule has 1 saturated heterocycles. The van der Waals surface area contributed by atoms with Gasteiger partial charge < -0.3 is 14.5 Å². The Morgan fingerprint density at radius 3 is 2.42 bits per heavy atom. The van der Waals surface area contributed by atoms with Gasteiger partial charge in [0.2, 0.25) is 5.60 Å². The molecule has 0 aliphatic carbocycles. The lowest BCUT2D eigenvalue weighted by atomic mass is 9.78. The maximum Gasteiger partial charge on any atom is 0.425 e. The third kappa shape index (κ3) is 9.16. The molecule has 1 aromatic carbocycles. The summed E-state index contributed by atoms with van der Waals surface area (Å²) in [5.74, 6) is -3.49. The number of benzene rings is 1. The second-order valence-electron chi connectivity index (χ2n) is 13.3. The van der Waals surface area contributed by atoms with E-state index >= 15 is 4.79 Å². The highest BCUT2D eigenvalue weighted by molar-refractivity contribution is 7.91. The number of thiophene rings is 1. The fourth-order valence-corrected chi connectivity index (χ4v) is 8.72. The van der Waals surface area contributed by atoms with Crippen LogP contribution in [0.1, 0.15) is 77.5 Å². The fourth-order valence-electron chi connectivity index (χ4n) is 7.12. The number of carbonyl (C=O) groups excluding carboxylic acids is 3. The van der Waals surface area contributed by atoms with E-state index in [1.165, 1.54) is 4.90 Å². The number of fused-ring (bicyclic) bond motifs is 1. The number of nitrogens with zero attached hydrogens (tertiary/aromatic N) is 3. The van der Waals surface area contributed by atoms with Crippen molar-refractivity contribution in [2.45, 2.75) is 88.5 Å². The van der Waals surface area contributed by atoms with E-state index in [9.17, 15) is 44.3 Å². The summed E-state index contributed by atoms with van der Waals surface area (Å²) in [5.41, 5.74) is -2.86. The summed E-state index contributed by atoms with van der Waals surface area (Å²) >= 11 is 6.60. The molecule has 1 fully saturated rings. The van der Waals surface area contributed by atoms with Crippen molar-refractivity contribution >= 4 is 50.4 Å². The van der Waals surface area contributed by atoms with Gasteiger partial charge in [0.15, 0.2) is 9.84 Å². The quantitative estimate of drug-likeness (QED) is 0.186. The van der Waals surface area contributed by atoms with Crippen LogP contribution in [0, 0.1) is 0 Å². The maximum atomic E-state index is 15.3. The van der Waals surface area contributed by atoms with Gasteiger partial charge in [-0.15, -0.1) is 11.3 Å². The van der Waals surface area contributed by atoms with E-state index in [1.807, 2.05) is 0 Å². The molecule has 0 radical (unpaired) electrons. The second kappa shape index (κ2) is 15.6. The number of ketones is 1. The first kappa shape index (κ1) is 40.5. The number of sulfone groups is 1. The van der Waals surface area contributed by atoms with Crippen LogP contribution >= 0.6 is 22.9 Å². The number of aromatic nitrogens is 1. The second-order valence-corrected chi connectivity index (χ2v) is 16.8. The Kier molecular flexibility index (Phi) is 11.9. The molecule has 288 valence electrons. The van der Waals surface area contributed by atoms with Gasteiger partial charge in [0.1, 0.15) is 27.9 Å². The molecule has 3 atom stereocenters. The zero-order chi connectivity index (χ0) is 38.9. The minimum absolute atomic E-state index is 0.00274. The van der Waals surface area contributed by atoms with Gasteiger partial charge >= 0.3 is 12.4 Å². The predicted octanol–water partition coefficient (Wildman–Crippen LogP) is 7.40. The molecule has 3 aromatic rings. The summed E-state index contributed by atoms with van der Waals surface area (Å²) in [6.07, 6.45) is -7.57. The van der Waals surface area contributed by atoms with Crippen LogP contribution in [0.5, 0.6) is 5.75 Å². The molecule has 0 N–H and O–H groups in total. The molecule has 2 amide bonds. The van der Waals surface area contributed by atoms with Crippen LogP contribution in [0.3, 0.4) is 0 Å². The first-order chi connectivity index (χ1) is 24.7. The highest BCUT2D eigenvalue weighted by atomic mass is 35.5. The number of ether oxygens (including phenoxy) is 1. The smallest absolute Gasteiger partial charge is 0.425 e. The van der Waals surface area contributed by atoms with E-state index in [2.05, 4.69) is 4.98 Å². The number of alkyl halides is 6. The molecule has 0 saturated carbocycles. The van der Waals surface area contributed by atoms with Crippen molar-refractivity contribution in [3.63, 3.8) is 0 Å². The van der Waals surface area contributed by atoms with Gasteiger partial charge in [-0.2, -0.15) is 26.3 Å². The van der Waals surface area contributed by atoms with E-state index in [-0.39, 0.29) is 57.4 Å². The summed E-state index contributed by atoms with van der Waals surface area (Å²) in [6, 6.07) is 5.47. The molecule has 2 aliphatic rings. The predicted molar refractivity (Wildman–Crippen MR) is 184 cm³/mol. The van der Waals surface area contributed by atoms with Crippen LogP contribution in [-0.2, 0) is 44.7 Å². The van der Waals surface area contributed by atoms with E-state index in [1.54, 1.807) is 25.1 Å². The maximum absolute atomic E-state index is 15.3. The first-order valence-corrected chi connectivity index (χ1v) is 20.0. The molecule has 0 unspecified atom stereocenters. The number of amides is 2. The highest BCUT2D eigenvalue weighted by Gasteiger charge is 2.57. The van der Waals surface area contributed by atoms with Crippen molar-refractivity contribution in [1.29, 1.82) is 0 Å². The Bertz CT molecular complexity index is 1970. The summed E-state index contributed by atoms with van der Waals surface area (Å²) in [6.45, 7) is 1.56. The van der Waals surface area contributed by atoms with Crippen LogP contribution in [0.25, 0.3) is 0 Å². The van der Waals surface area contributed by atoms with Crippen molar-refractivity contribution in [3.05, 3.63) is 80.3 Å². The lowest BCUT2D eigenvalue weighted by Gasteiger charge is -2.51. The molecule has 53 heavy (non-hydrogen) atoms. The van der Waals surface area contributed by atoms with Crippen LogP contribution < -0.4 is 4.74 Å². The number of halogens is 7. The zero-order valence-corrected chi connectivity index (χ0v) is 31.0. The molecule has 0 bridgehead atoms. The molecule has 18 heteroatoms. The van der Waals surface area contributed by atoms with Gasteiger partial charge in [0, 0.05) is 60.9 Å². The number of piperidine rings is 1. The molecule has 4 heterocycles. The Labute approximate surface area is 311 Å². The summed E-state index contributed by atoms with van der Waals surface area (Å²) in [7, 11) is -3.65. The summed E-state index contributed by atoms with van der Waals surface area (Å²) in [4.78, 5) is 47.4. The first-order valence-electron chi connectivity index (χ1n) is 16.7. The minimum Gasteiger partial charge on any atom is -0.474 e. The minimum atomic E-state index is -4.95. The molecule has 9 nitrogen and oxygen atoms in total. The van der Waals surface area contributed by atoms with Gasteiger partial charge in [0.05, 0.1) is 11.6 Å². The third-order valence-corrected chi connectivity index (χ3v) is 11.4. The number of hydrogen-bond acceptors (Lipinski definition) is 8. The normalized spacial score (nSPS) is 20.9. The molecule has 5 rings (SSSR count). The Morgan fingerprint density at radius 1 is 1.04 bits per heavy atom. The summed E-state index contributed by atoms with van der Waals surface area (Å²) < 4.78 is 114. The number of likely N-dealkylation sites (tertiary alicyclic amines) is 1. The standard InChI is InChI=1S/C35H36ClF6N3O6S2/c1-3-6-28-33(51-26-17-29(52-19-26)35(40,41)42,12-5-14-44(28)31(47)30-27(34(37,38)39)7-4-13-43-30)32(48)45-18-21-8-9-23(36)15-22(21)16-24(45)10-11-25(46)20-53(2,49)50/h4,7-9,13,15,17,19,24,28H,3,5-6,10-12,14,16,18,20H2,1-2H3/t24-,28+,33-/m0/s1. The number of hydrogen-bond donors (Lipinski definition) is 0. The molecular weight excluding hydrogens is 772 g/mol. The number of pyridine rings is 1. The molecular formula is C35H36ClF6N3O6S2. The number of Topliss-reactive ketones (excluding diaryl/α,β-unsaturated/α-hetero) is 1. The van der Waals surface area contributed by atoms with Gasteiger partial charge in [-0.3, -0.25) is 19.4 Å². The van der Waals surface area contributed by atoms with Gasteiger partial charge in [-0.25, -0.2) is 8.42 Å². The van der Waals surface area contributed by atoms with E-state index < -0.39 is 79.4 Å². The van der Waals surface area contributed by atoms with Crippen LogP contribution in [0.15, 0.2) is 48.0 Å². The van der Waals surface area contributed by atoms with E-state index in [0.717, 1.165) is 40.4 Å². The van der Waals surface area contributed by atoms with Crippen molar-refractivity contribution < 1.29 is 53.9 Å². The highest BCUT2D eigenvalue weighted by Crippen LogP contribution is 2.44. The van der Waals surface area contributed by atoms with Crippen molar-refractivity contribution in [3.8, 4) is 5.75 Å². The lowest BCUT2D eigenvalue weighted by molar-refractivity contribution is -0.163. The average Bonchev–Trinajstić information content (AvgIpc) is 3.55. The van der Waals surface area contributed by atoms with Gasteiger partial charge in [-0.1, -0.05) is 31.0 Å². The Hall–Kier alpha value is -3.70. The topological polar surface area (TPSA) is 114 Å². The molecule has 2 aromatic heterocycles. The van der Waals surface area contributed by atoms with E-state index in [0.29, 0.717) is 34.4 Å². The van der Waals surface area contributed by atoms with Crippen LogP contribution in [0.4, 0.5) is 26.3 Å². The van der Waals surface area contributed by atoms with Gasteiger partial charge in [-0.05, 0) is 61.1 Å².